The lowest BCUT2D eigenvalue weighted by atomic mass is 10.2. The molecule has 2 unspecified atom stereocenters. The van der Waals surface area contributed by atoms with Crippen LogP contribution in [-0.2, 0) is 0 Å². The lowest BCUT2D eigenvalue weighted by Crippen LogP contribution is -1.95. The van der Waals surface area contributed by atoms with Crippen molar-refractivity contribution in [1.82, 2.24) is 0 Å². The van der Waals surface area contributed by atoms with E-state index in [2.05, 4.69) is 13.8 Å². The van der Waals surface area contributed by atoms with Crippen molar-refractivity contribution in [1.29, 1.82) is 0 Å². The third kappa shape index (κ3) is 3.40. The molecule has 0 aromatic heterocycles. The fraction of sp³-hybridized carbons (Fsp3) is 1.00. The van der Waals surface area contributed by atoms with Gasteiger partial charge in [0.25, 0.3) is 0 Å². The molecular formula is C6H15OP. The van der Waals surface area contributed by atoms with Crippen LogP contribution >= 0.6 is 8.81 Å². The number of rotatable bonds is 4. The Kier molecular flexibility index (Phi) is 5.79. The average Bonchev–Trinajstić information content (AvgIpc) is 1.83. The van der Waals surface area contributed by atoms with E-state index in [1.807, 2.05) is 0 Å². The maximum atomic E-state index is 8.68. The topological polar surface area (TPSA) is 20.2 Å². The van der Waals surface area contributed by atoms with Crippen LogP contribution in [0.1, 0.15) is 33.1 Å². The van der Waals surface area contributed by atoms with Crippen LogP contribution in [-0.4, -0.2) is 10.6 Å². The molecule has 0 bridgehead atoms. The van der Waals surface area contributed by atoms with Gasteiger partial charge in [0.1, 0.15) is 0 Å². The van der Waals surface area contributed by atoms with Gasteiger partial charge in [0.05, 0.1) is 0 Å². The molecule has 1 nitrogen and oxygen atoms in total. The molecule has 0 radical (unpaired) electrons. The summed E-state index contributed by atoms with van der Waals surface area (Å²) in [6.07, 6.45) is 3.51. The highest BCUT2D eigenvalue weighted by molar-refractivity contribution is 7.32. The minimum absolute atomic E-state index is 0.156. The Balaban J connectivity index is 3.07. The van der Waals surface area contributed by atoms with Gasteiger partial charge in [-0.3, -0.25) is 0 Å². The van der Waals surface area contributed by atoms with E-state index in [9.17, 15) is 0 Å². The summed E-state index contributed by atoms with van der Waals surface area (Å²) in [5.41, 5.74) is 0.583. The van der Waals surface area contributed by atoms with Gasteiger partial charge in [-0.2, -0.15) is 0 Å². The van der Waals surface area contributed by atoms with E-state index < -0.39 is 0 Å². The lowest BCUT2D eigenvalue weighted by Gasteiger charge is -2.07. The largest absolute Gasteiger partial charge is 0.377 e. The highest BCUT2D eigenvalue weighted by Crippen LogP contribution is 2.20. The van der Waals surface area contributed by atoms with Crippen LogP contribution < -0.4 is 0 Å². The Labute approximate surface area is 53.4 Å². The normalized spacial score (nSPS) is 15.4. The summed E-state index contributed by atoms with van der Waals surface area (Å²) >= 11 is 0. The summed E-state index contributed by atoms with van der Waals surface area (Å²) in [5.74, 6) is 0. The summed E-state index contributed by atoms with van der Waals surface area (Å²) in [5, 5.41) is 0. The average molecular weight is 134 g/mol. The third-order valence-electron chi connectivity index (χ3n) is 1.31. The highest BCUT2D eigenvalue weighted by Gasteiger charge is 2.00. The Morgan fingerprint density at radius 3 is 2.25 bits per heavy atom. The molecular weight excluding hydrogens is 119 g/mol. The number of hydrogen-bond donors (Lipinski definition) is 1. The van der Waals surface area contributed by atoms with E-state index in [1.165, 1.54) is 12.8 Å². The molecule has 1 N–H and O–H groups in total. The zero-order valence-electron chi connectivity index (χ0n) is 5.65. The number of hydrogen-bond acceptors (Lipinski definition) is 1. The fourth-order valence-corrected chi connectivity index (χ4v) is 1.31. The van der Waals surface area contributed by atoms with Gasteiger partial charge >= 0.3 is 0 Å². The lowest BCUT2D eigenvalue weighted by molar-refractivity contribution is 0.602. The van der Waals surface area contributed by atoms with Crippen molar-refractivity contribution in [3.63, 3.8) is 0 Å². The van der Waals surface area contributed by atoms with Crippen molar-refractivity contribution in [2.45, 2.75) is 38.8 Å². The van der Waals surface area contributed by atoms with Crippen molar-refractivity contribution < 1.29 is 4.89 Å². The molecule has 2 atom stereocenters. The quantitative estimate of drug-likeness (QED) is 0.584. The molecule has 0 saturated carbocycles. The molecule has 0 aromatic carbocycles. The molecule has 0 saturated heterocycles. The summed E-state index contributed by atoms with van der Waals surface area (Å²) in [4.78, 5) is 8.68. The van der Waals surface area contributed by atoms with E-state index in [-0.39, 0.29) is 8.81 Å². The third-order valence-corrected chi connectivity index (χ3v) is 2.37. The van der Waals surface area contributed by atoms with Crippen LogP contribution in [0.4, 0.5) is 0 Å². The Morgan fingerprint density at radius 1 is 1.50 bits per heavy atom. The second-order valence-corrected chi connectivity index (χ2v) is 3.10. The summed E-state index contributed by atoms with van der Waals surface area (Å²) in [7, 11) is 0.156. The molecule has 0 amide bonds. The first-order valence-corrected chi connectivity index (χ1v) is 4.27. The highest BCUT2D eigenvalue weighted by atomic mass is 31.1. The van der Waals surface area contributed by atoms with Gasteiger partial charge in [-0.1, -0.05) is 20.3 Å². The van der Waals surface area contributed by atoms with Gasteiger partial charge in [-0.25, -0.2) is 0 Å². The Bertz CT molecular complexity index is 43.8. The maximum Gasteiger partial charge on any atom is 0.0138 e. The van der Waals surface area contributed by atoms with Gasteiger partial charge in [0, 0.05) is 14.5 Å². The molecule has 8 heavy (non-hydrogen) atoms. The van der Waals surface area contributed by atoms with Gasteiger partial charge in [-0.15, -0.1) is 0 Å². The predicted molar refractivity (Wildman–Crippen MR) is 39.5 cm³/mol. The van der Waals surface area contributed by atoms with Gasteiger partial charge in [0.2, 0.25) is 0 Å². The van der Waals surface area contributed by atoms with Gasteiger partial charge in [0.15, 0.2) is 0 Å². The van der Waals surface area contributed by atoms with E-state index in [1.54, 1.807) is 0 Å². The molecule has 0 rings (SSSR count). The zero-order chi connectivity index (χ0) is 6.41. The smallest absolute Gasteiger partial charge is 0.0138 e. The van der Waals surface area contributed by atoms with E-state index in [0.717, 1.165) is 6.42 Å². The summed E-state index contributed by atoms with van der Waals surface area (Å²) in [6, 6.07) is 0. The second kappa shape index (κ2) is 5.53. The van der Waals surface area contributed by atoms with Crippen LogP contribution in [0.25, 0.3) is 0 Å². The minimum Gasteiger partial charge on any atom is -0.377 e. The molecule has 0 fully saturated rings. The van der Waals surface area contributed by atoms with Crippen molar-refractivity contribution in [3.8, 4) is 0 Å². The summed E-state index contributed by atoms with van der Waals surface area (Å²) in [6.45, 7) is 4.28. The summed E-state index contributed by atoms with van der Waals surface area (Å²) < 4.78 is 0. The standard InChI is InChI=1S/C6H15OP/c1-3-5-6(4-2)8-7/h6-8H,3-5H2,1-2H3. The van der Waals surface area contributed by atoms with E-state index in [4.69, 9.17) is 4.89 Å². The first-order valence-electron chi connectivity index (χ1n) is 3.24. The molecule has 0 aliphatic heterocycles. The van der Waals surface area contributed by atoms with Crippen molar-refractivity contribution in [2.24, 2.45) is 0 Å². The van der Waals surface area contributed by atoms with E-state index in [0.29, 0.717) is 5.66 Å². The van der Waals surface area contributed by atoms with Crippen molar-refractivity contribution in [3.05, 3.63) is 0 Å². The van der Waals surface area contributed by atoms with Crippen LogP contribution in [0.2, 0.25) is 0 Å². The first kappa shape index (κ1) is 8.39. The molecule has 0 aromatic rings. The van der Waals surface area contributed by atoms with Crippen molar-refractivity contribution >= 4 is 8.81 Å². The van der Waals surface area contributed by atoms with E-state index >= 15 is 0 Å². The molecule has 0 aliphatic rings. The van der Waals surface area contributed by atoms with Gasteiger partial charge in [-0.05, 0) is 12.8 Å². The monoisotopic (exact) mass is 134 g/mol. The Hall–Kier alpha value is 0.390. The molecule has 2 heteroatoms. The van der Waals surface area contributed by atoms with Crippen LogP contribution in [0.5, 0.6) is 0 Å². The van der Waals surface area contributed by atoms with Crippen LogP contribution in [0.3, 0.4) is 0 Å². The Morgan fingerprint density at radius 2 is 2.12 bits per heavy atom. The SMILES string of the molecule is CCCC(CC)PO. The first-order chi connectivity index (χ1) is 3.85. The molecule has 0 spiro atoms. The van der Waals surface area contributed by atoms with Crippen LogP contribution in [0.15, 0.2) is 0 Å². The molecule has 50 valence electrons. The second-order valence-electron chi connectivity index (χ2n) is 2.02. The minimum atomic E-state index is 0.156. The zero-order valence-corrected chi connectivity index (χ0v) is 6.65. The fourth-order valence-electron chi connectivity index (χ4n) is 0.708. The van der Waals surface area contributed by atoms with Crippen molar-refractivity contribution in [2.75, 3.05) is 0 Å². The molecule has 0 heterocycles. The molecule has 0 aliphatic carbocycles. The predicted octanol–water partition coefficient (Wildman–Crippen LogP) is 2.15. The maximum absolute atomic E-state index is 8.68. The van der Waals surface area contributed by atoms with Gasteiger partial charge < -0.3 is 4.89 Å². The van der Waals surface area contributed by atoms with Crippen LogP contribution in [0, 0.1) is 0 Å².